The van der Waals surface area contributed by atoms with Crippen molar-refractivity contribution in [2.24, 2.45) is 13.0 Å². The zero-order chi connectivity index (χ0) is 21.5. The van der Waals surface area contributed by atoms with Gasteiger partial charge in [-0.05, 0) is 44.3 Å². The minimum Gasteiger partial charge on any atom is -0.503 e. The minimum atomic E-state index is -0.283. The highest BCUT2D eigenvalue weighted by Gasteiger charge is 2.34. The molecule has 2 aromatic rings. The van der Waals surface area contributed by atoms with Crippen LogP contribution in [-0.2, 0) is 26.7 Å². The summed E-state index contributed by atoms with van der Waals surface area (Å²) in [6.45, 7) is 5.93. The first kappa shape index (κ1) is 20.5. The van der Waals surface area contributed by atoms with E-state index in [1.165, 1.54) is 19.3 Å². The SMILES string of the molecule is Cn1c(CN2C[C@H]3C[C@@H](C2)c2cccc(=O)n2C3)cc(=O)c(O)c1CN1CCCCC1. The van der Waals surface area contributed by atoms with Gasteiger partial charge in [0, 0.05) is 69.2 Å². The predicted molar refractivity (Wildman–Crippen MR) is 119 cm³/mol. The summed E-state index contributed by atoms with van der Waals surface area (Å²) in [6, 6.07) is 7.19. The summed E-state index contributed by atoms with van der Waals surface area (Å²) in [7, 11) is 1.97. The molecule has 7 nitrogen and oxygen atoms in total. The monoisotopic (exact) mass is 424 g/mol. The molecule has 2 fully saturated rings. The van der Waals surface area contributed by atoms with Crippen molar-refractivity contribution < 1.29 is 5.11 Å². The average molecular weight is 425 g/mol. The molecule has 3 aliphatic rings. The lowest BCUT2D eigenvalue weighted by Gasteiger charge is -2.43. The summed E-state index contributed by atoms with van der Waals surface area (Å²) in [4.78, 5) is 29.6. The fraction of sp³-hybridized carbons (Fsp3) is 0.583. The maximum atomic E-state index is 12.6. The van der Waals surface area contributed by atoms with E-state index >= 15 is 0 Å². The van der Waals surface area contributed by atoms with E-state index in [1.54, 1.807) is 12.1 Å². The zero-order valence-corrected chi connectivity index (χ0v) is 18.3. The second-order valence-corrected chi connectivity index (χ2v) is 9.58. The molecule has 0 aliphatic carbocycles. The number of rotatable bonds is 4. The highest BCUT2D eigenvalue weighted by molar-refractivity contribution is 5.30. The van der Waals surface area contributed by atoms with Crippen LogP contribution in [0.2, 0.25) is 0 Å². The molecule has 2 saturated heterocycles. The van der Waals surface area contributed by atoms with Crippen LogP contribution in [0.15, 0.2) is 33.9 Å². The van der Waals surface area contributed by atoms with Gasteiger partial charge in [-0.2, -0.15) is 0 Å². The smallest absolute Gasteiger partial charge is 0.250 e. The van der Waals surface area contributed by atoms with Crippen LogP contribution < -0.4 is 11.0 Å². The van der Waals surface area contributed by atoms with E-state index in [-0.39, 0.29) is 16.7 Å². The molecule has 2 aromatic heterocycles. The van der Waals surface area contributed by atoms with Crippen molar-refractivity contribution in [2.75, 3.05) is 26.2 Å². The Kier molecular flexibility index (Phi) is 5.48. The van der Waals surface area contributed by atoms with Gasteiger partial charge in [0.25, 0.3) is 5.56 Å². The van der Waals surface area contributed by atoms with Crippen LogP contribution >= 0.6 is 0 Å². The second-order valence-electron chi connectivity index (χ2n) is 9.58. The van der Waals surface area contributed by atoms with Gasteiger partial charge in [0.1, 0.15) is 0 Å². The Morgan fingerprint density at radius 2 is 1.81 bits per heavy atom. The fourth-order valence-electron chi connectivity index (χ4n) is 5.81. The first-order valence-corrected chi connectivity index (χ1v) is 11.5. The average Bonchev–Trinajstić information content (AvgIpc) is 2.76. The van der Waals surface area contributed by atoms with Crippen molar-refractivity contribution in [3.63, 3.8) is 0 Å². The van der Waals surface area contributed by atoms with Crippen LogP contribution in [0.3, 0.4) is 0 Å². The molecule has 2 atom stereocenters. The van der Waals surface area contributed by atoms with E-state index in [2.05, 4.69) is 15.9 Å². The largest absolute Gasteiger partial charge is 0.503 e. The Hall–Kier alpha value is -2.38. The van der Waals surface area contributed by atoms with Crippen LogP contribution in [0.1, 0.15) is 48.7 Å². The molecular formula is C24H32N4O3. The van der Waals surface area contributed by atoms with E-state index in [1.807, 2.05) is 22.2 Å². The Morgan fingerprint density at radius 3 is 2.61 bits per heavy atom. The summed E-state index contributed by atoms with van der Waals surface area (Å²) in [5, 5.41) is 10.5. The van der Waals surface area contributed by atoms with E-state index in [0.29, 0.717) is 24.9 Å². The lowest BCUT2D eigenvalue weighted by atomic mass is 9.83. The van der Waals surface area contributed by atoms with E-state index in [0.717, 1.165) is 56.2 Å². The third-order valence-corrected chi connectivity index (χ3v) is 7.40. The summed E-state index contributed by atoms with van der Waals surface area (Å²) in [5.74, 6) is 0.692. The first-order valence-electron chi connectivity index (χ1n) is 11.5. The normalized spacial score (nSPS) is 24.2. The molecule has 3 aliphatic heterocycles. The van der Waals surface area contributed by atoms with Crippen LogP contribution in [0.4, 0.5) is 0 Å². The predicted octanol–water partition coefficient (Wildman–Crippen LogP) is 1.86. The van der Waals surface area contributed by atoms with Crippen LogP contribution in [0.5, 0.6) is 5.75 Å². The van der Waals surface area contributed by atoms with Gasteiger partial charge in [0.2, 0.25) is 5.43 Å². The summed E-state index contributed by atoms with van der Waals surface area (Å²) in [5.41, 5.74) is 2.62. The Labute approximate surface area is 182 Å². The third-order valence-electron chi connectivity index (χ3n) is 7.40. The molecule has 5 rings (SSSR count). The minimum absolute atomic E-state index is 0.101. The van der Waals surface area contributed by atoms with Gasteiger partial charge in [-0.1, -0.05) is 12.5 Å². The molecule has 1 N–H and O–H groups in total. The summed E-state index contributed by atoms with van der Waals surface area (Å²) in [6.07, 6.45) is 4.73. The molecule has 31 heavy (non-hydrogen) atoms. The lowest BCUT2D eigenvalue weighted by molar-refractivity contribution is 0.112. The van der Waals surface area contributed by atoms with Gasteiger partial charge in [0.05, 0.1) is 5.69 Å². The van der Waals surface area contributed by atoms with Crippen LogP contribution in [0.25, 0.3) is 0 Å². The molecule has 0 aromatic carbocycles. The van der Waals surface area contributed by atoms with Gasteiger partial charge >= 0.3 is 0 Å². The number of fused-ring (bicyclic) bond motifs is 4. The van der Waals surface area contributed by atoms with E-state index in [4.69, 9.17) is 0 Å². The first-order chi connectivity index (χ1) is 15.0. The number of hydrogen-bond donors (Lipinski definition) is 1. The summed E-state index contributed by atoms with van der Waals surface area (Å²) < 4.78 is 3.97. The molecule has 0 unspecified atom stereocenters. The maximum absolute atomic E-state index is 12.6. The van der Waals surface area contributed by atoms with Crippen molar-refractivity contribution in [2.45, 2.75) is 51.2 Å². The number of likely N-dealkylation sites (tertiary alicyclic amines) is 2. The molecule has 2 bridgehead atoms. The van der Waals surface area contributed by atoms with Gasteiger partial charge in [-0.25, -0.2) is 0 Å². The summed E-state index contributed by atoms with van der Waals surface area (Å²) >= 11 is 0. The Morgan fingerprint density at radius 1 is 1.00 bits per heavy atom. The fourth-order valence-corrected chi connectivity index (χ4v) is 5.81. The van der Waals surface area contributed by atoms with Crippen LogP contribution in [0, 0.1) is 5.92 Å². The number of nitrogens with zero attached hydrogens (tertiary/aromatic N) is 4. The molecule has 166 valence electrons. The topological polar surface area (TPSA) is 70.7 Å². The van der Waals surface area contributed by atoms with Crippen LogP contribution in [-0.4, -0.2) is 50.2 Å². The number of pyridine rings is 2. The van der Waals surface area contributed by atoms with Gasteiger partial charge in [0.15, 0.2) is 5.75 Å². The number of aromatic hydroxyl groups is 1. The maximum Gasteiger partial charge on any atom is 0.250 e. The Balaban J connectivity index is 1.38. The van der Waals surface area contributed by atoms with Crippen molar-refractivity contribution in [3.05, 3.63) is 61.9 Å². The molecule has 0 spiro atoms. The van der Waals surface area contributed by atoms with Crippen molar-refractivity contribution >= 4 is 0 Å². The van der Waals surface area contributed by atoms with Gasteiger partial charge in [-0.3, -0.25) is 19.4 Å². The van der Waals surface area contributed by atoms with E-state index < -0.39 is 0 Å². The van der Waals surface area contributed by atoms with Crippen molar-refractivity contribution in [1.82, 2.24) is 18.9 Å². The highest BCUT2D eigenvalue weighted by Crippen LogP contribution is 2.35. The standard InChI is InChI=1S/C24H32N4O3/c1-25-19(11-22(29)24(31)21(25)16-26-8-3-2-4-9-26)15-27-12-17-10-18(14-27)20-6-5-7-23(30)28(20)13-17/h5-7,11,17-18,31H,2-4,8-10,12-16H2,1H3/t17-,18+/m1/s1. The van der Waals surface area contributed by atoms with Crippen molar-refractivity contribution in [1.29, 1.82) is 0 Å². The van der Waals surface area contributed by atoms with Gasteiger partial charge in [-0.15, -0.1) is 0 Å². The molecule has 7 heteroatoms. The molecule has 0 saturated carbocycles. The highest BCUT2D eigenvalue weighted by atomic mass is 16.3. The molecular weight excluding hydrogens is 392 g/mol. The molecule has 0 amide bonds. The number of piperidine rings is 2. The third kappa shape index (κ3) is 3.96. The lowest BCUT2D eigenvalue weighted by Crippen LogP contribution is -2.47. The van der Waals surface area contributed by atoms with E-state index in [9.17, 15) is 14.7 Å². The van der Waals surface area contributed by atoms with Gasteiger partial charge < -0.3 is 14.2 Å². The van der Waals surface area contributed by atoms with Crippen molar-refractivity contribution in [3.8, 4) is 5.75 Å². The number of aromatic nitrogens is 2. The Bertz CT molecular complexity index is 1080. The molecule has 5 heterocycles. The second kappa shape index (κ2) is 8.28. The zero-order valence-electron chi connectivity index (χ0n) is 18.3. The quantitative estimate of drug-likeness (QED) is 0.811. The number of hydrogen-bond acceptors (Lipinski definition) is 5. The molecule has 0 radical (unpaired) electrons.